The van der Waals surface area contributed by atoms with Gasteiger partial charge in [-0.2, -0.15) is 0 Å². The van der Waals surface area contributed by atoms with Crippen LogP contribution in [0.25, 0.3) is 22.0 Å². The largest absolute Gasteiger partial charge is 0.350 e. The van der Waals surface area contributed by atoms with E-state index in [4.69, 9.17) is 0 Å². The zero-order valence-electron chi connectivity index (χ0n) is 10.00. The van der Waals surface area contributed by atoms with Crippen LogP contribution in [0.2, 0.25) is 0 Å². The molecule has 2 heterocycles. The molecule has 1 aromatic carbocycles. The molecule has 0 saturated heterocycles. The molecule has 0 radical (unpaired) electrons. The zero-order chi connectivity index (χ0) is 12.5. The molecule has 0 fully saturated rings. The van der Waals surface area contributed by atoms with E-state index in [0.717, 1.165) is 28.3 Å². The minimum Gasteiger partial charge on any atom is -0.350 e. The van der Waals surface area contributed by atoms with Gasteiger partial charge in [0.15, 0.2) is 6.29 Å². The molecule has 3 heteroatoms. The van der Waals surface area contributed by atoms with Crippen molar-refractivity contribution < 1.29 is 4.79 Å². The Morgan fingerprint density at radius 2 is 2.00 bits per heavy atom. The van der Waals surface area contributed by atoms with E-state index in [-0.39, 0.29) is 0 Å². The lowest BCUT2D eigenvalue weighted by molar-refractivity contribution is 0.112. The summed E-state index contributed by atoms with van der Waals surface area (Å²) in [6.07, 6.45) is 6.21. The van der Waals surface area contributed by atoms with Gasteiger partial charge in [0.05, 0.1) is 0 Å². The Balaban J connectivity index is 2.35. The van der Waals surface area contributed by atoms with E-state index in [1.807, 2.05) is 31.4 Å². The molecular weight excluding hydrogens is 224 g/mol. The highest BCUT2D eigenvalue weighted by Crippen LogP contribution is 2.31. The summed E-state index contributed by atoms with van der Waals surface area (Å²) in [5.41, 5.74) is 3.77. The van der Waals surface area contributed by atoms with Crippen molar-refractivity contribution in [1.82, 2.24) is 9.55 Å². The van der Waals surface area contributed by atoms with Gasteiger partial charge in [-0.1, -0.05) is 18.2 Å². The first-order chi connectivity index (χ1) is 8.81. The van der Waals surface area contributed by atoms with E-state index < -0.39 is 0 Å². The fourth-order valence-electron chi connectivity index (χ4n) is 2.30. The number of rotatable bonds is 2. The normalized spacial score (nSPS) is 10.7. The van der Waals surface area contributed by atoms with Crippen LogP contribution in [0.15, 0.2) is 48.9 Å². The molecule has 0 saturated carbocycles. The van der Waals surface area contributed by atoms with Crippen LogP contribution in [-0.4, -0.2) is 15.8 Å². The Bertz CT molecular complexity index is 728. The van der Waals surface area contributed by atoms with Crippen LogP contribution in [0.1, 0.15) is 10.4 Å². The molecular formula is C15H12N2O. The summed E-state index contributed by atoms with van der Waals surface area (Å²) in [6.45, 7) is 0. The molecule has 3 aromatic rings. The molecule has 0 N–H and O–H groups in total. The number of hydrogen-bond acceptors (Lipinski definition) is 2. The van der Waals surface area contributed by atoms with E-state index in [1.165, 1.54) is 0 Å². The molecule has 0 aliphatic carbocycles. The van der Waals surface area contributed by atoms with Crippen LogP contribution in [0.3, 0.4) is 0 Å². The minimum absolute atomic E-state index is 0.619. The number of carbonyl (C=O) groups excluding carboxylic acids is 1. The van der Waals surface area contributed by atoms with Gasteiger partial charge in [0, 0.05) is 47.7 Å². The van der Waals surface area contributed by atoms with Gasteiger partial charge in [0.1, 0.15) is 0 Å². The third-order valence-electron chi connectivity index (χ3n) is 3.17. The standard InChI is InChI=1S/C15H12N2O/c1-17-9-14(13-4-2-3-5-15(13)17)12-6-7-16-8-11(12)10-18/h2-10H,1H3. The predicted molar refractivity (Wildman–Crippen MR) is 71.5 cm³/mol. The maximum atomic E-state index is 11.1. The van der Waals surface area contributed by atoms with Crippen molar-refractivity contribution >= 4 is 17.2 Å². The van der Waals surface area contributed by atoms with Crippen molar-refractivity contribution in [3.8, 4) is 11.1 Å². The fourth-order valence-corrected chi connectivity index (χ4v) is 2.30. The molecule has 0 spiro atoms. The van der Waals surface area contributed by atoms with Gasteiger partial charge in [0.2, 0.25) is 0 Å². The highest BCUT2D eigenvalue weighted by Gasteiger charge is 2.11. The van der Waals surface area contributed by atoms with Gasteiger partial charge in [-0.3, -0.25) is 9.78 Å². The number of fused-ring (bicyclic) bond motifs is 1. The van der Waals surface area contributed by atoms with Crippen LogP contribution in [-0.2, 0) is 7.05 Å². The number of nitrogens with zero attached hydrogens (tertiary/aromatic N) is 2. The number of aromatic nitrogens is 2. The van der Waals surface area contributed by atoms with Crippen LogP contribution < -0.4 is 0 Å². The second kappa shape index (κ2) is 4.11. The Morgan fingerprint density at radius 1 is 1.17 bits per heavy atom. The van der Waals surface area contributed by atoms with Gasteiger partial charge >= 0.3 is 0 Å². The lowest BCUT2D eigenvalue weighted by Crippen LogP contribution is -1.88. The Morgan fingerprint density at radius 3 is 2.83 bits per heavy atom. The van der Waals surface area contributed by atoms with E-state index in [0.29, 0.717) is 5.56 Å². The topological polar surface area (TPSA) is 34.9 Å². The maximum Gasteiger partial charge on any atom is 0.152 e. The van der Waals surface area contributed by atoms with Crippen molar-refractivity contribution in [3.63, 3.8) is 0 Å². The third kappa shape index (κ3) is 1.52. The summed E-state index contributed by atoms with van der Waals surface area (Å²) in [4.78, 5) is 15.1. The molecule has 3 nitrogen and oxygen atoms in total. The predicted octanol–water partition coefficient (Wildman–Crippen LogP) is 3.05. The number of hydrogen-bond donors (Lipinski definition) is 0. The van der Waals surface area contributed by atoms with Gasteiger partial charge in [-0.25, -0.2) is 0 Å². The Labute approximate surface area is 105 Å². The van der Waals surface area contributed by atoms with E-state index in [9.17, 15) is 4.79 Å². The molecule has 0 bridgehead atoms. The molecule has 0 atom stereocenters. The van der Waals surface area contributed by atoms with Gasteiger partial charge in [-0.05, 0) is 17.7 Å². The summed E-state index contributed by atoms with van der Waals surface area (Å²) in [7, 11) is 2.01. The highest BCUT2D eigenvalue weighted by molar-refractivity contribution is 6.00. The fraction of sp³-hybridized carbons (Fsp3) is 0.0667. The molecule has 3 rings (SSSR count). The summed E-state index contributed by atoms with van der Waals surface area (Å²) in [5, 5.41) is 1.15. The monoisotopic (exact) mass is 236 g/mol. The number of carbonyl (C=O) groups is 1. The lowest BCUT2D eigenvalue weighted by Gasteiger charge is -2.02. The van der Waals surface area contributed by atoms with Crippen LogP contribution >= 0.6 is 0 Å². The average molecular weight is 236 g/mol. The van der Waals surface area contributed by atoms with Crippen LogP contribution in [0.4, 0.5) is 0 Å². The summed E-state index contributed by atoms with van der Waals surface area (Å²) in [5.74, 6) is 0. The van der Waals surface area contributed by atoms with Crippen molar-refractivity contribution in [1.29, 1.82) is 0 Å². The first kappa shape index (κ1) is 10.7. The SMILES string of the molecule is Cn1cc(-c2ccncc2C=O)c2ccccc21. The first-order valence-corrected chi connectivity index (χ1v) is 5.75. The average Bonchev–Trinajstić information content (AvgIpc) is 2.77. The third-order valence-corrected chi connectivity index (χ3v) is 3.17. The van der Waals surface area contributed by atoms with Crippen molar-refractivity contribution in [2.75, 3.05) is 0 Å². The number of para-hydroxylation sites is 1. The second-order valence-corrected chi connectivity index (χ2v) is 4.25. The molecule has 0 aliphatic heterocycles. The van der Waals surface area contributed by atoms with Crippen molar-refractivity contribution in [3.05, 3.63) is 54.5 Å². The molecule has 2 aromatic heterocycles. The first-order valence-electron chi connectivity index (χ1n) is 5.75. The second-order valence-electron chi connectivity index (χ2n) is 4.25. The van der Waals surface area contributed by atoms with E-state index in [2.05, 4.69) is 21.7 Å². The number of pyridine rings is 1. The van der Waals surface area contributed by atoms with Crippen molar-refractivity contribution in [2.24, 2.45) is 7.05 Å². The molecule has 0 unspecified atom stereocenters. The maximum absolute atomic E-state index is 11.1. The zero-order valence-corrected chi connectivity index (χ0v) is 10.00. The van der Waals surface area contributed by atoms with Gasteiger partial charge in [0.25, 0.3) is 0 Å². The number of aldehydes is 1. The highest BCUT2D eigenvalue weighted by atomic mass is 16.1. The lowest BCUT2D eigenvalue weighted by atomic mass is 10.0. The van der Waals surface area contributed by atoms with E-state index in [1.54, 1.807) is 12.4 Å². The number of benzene rings is 1. The summed E-state index contributed by atoms with van der Waals surface area (Å²) >= 11 is 0. The minimum atomic E-state index is 0.619. The summed E-state index contributed by atoms with van der Waals surface area (Å²) in [6, 6.07) is 10.0. The Kier molecular flexibility index (Phi) is 2.45. The van der Waals surface area contributed by atoms with Crippen LogP contribution in [0.5, 0.6) is 0 Å². The summed E-state index contributed by atoms with van der Waals surface area (Å²) < 4.78 is 2.07. The molecule has 18 heavy (non-hydrogen) atoms. The molecule has 0 amide bonds. The van der Waals surface area contributed by atoms with E-state index >= 15 is 0 Å². The smallest absolute Gasteiger partial charge is 0.152 e. The molecule has 0 aliphatic rings. The number of aryl methyl sites for hydroxylation is 1. The molecule has 88 valence electrons. The van der Waals surface area contributed by atoms with Gasteiger partial charge in [-0.15, -0.1) is 0 Å². The quantitative estimate of drug-likeness (QED) is 0.641. The van der Waals surface area contributed by atoms with Gasteiger partial charge < -0.3 is 4.57 Å². The van der Waals surface area contributed by atoms with Crippen molar-refractivity contribution in [2.45, 2.75) is 0 Å². The Hall–Kier alpha value is -2.42. The van der Waals surface area contributed by atoms with Crippen LogP contribution in [0, 0.1) is 0 Å².